The first-order valence-corrected chi connectivity index (χ1v) is 8.10. The minimum atomic E-state index is -0.293. The number of nitro benzene ring substituents is 1. The first-order chi connectivity index (χ1) is 10.2. The molecule has 2 rings (SSSR count). The number of nitrogens with one attached hydrogen (secondary N) is 1. The zero-order valence-electron chi connectivity index (χ0n) is 12.9. The van der Waals surface area contributed by atoms with Gasteiger partial charge in [0.05, 0.1) is 4.92 Å². The maximum Gasteiger partial charge on any atom is 0.272 e. The van der Waals surface area contributed by atoms with Gasteiger partial charge in [-0.25, -0.2) is 0 Å². The Bertz CT molecular complexity index is 454. The number of benzene rings is 1. The smallest absolute Gasteiger partial charge is 0.272 e. The van der Waals surface area contributed by atoms with Gasteiger partial charge in [-0.1, -0.05) is 50.8 Å². The molecule has 1 aromatic carbocycles. The molecule has 1 aliphatic rings. The number of nitrogens with zero attached hydrogens (tertiary/aromatic N) is 1. The molecule has 0 radical (unpaired) electrons. The predicted octanol–water partition coefficient (Wildman–Crippen LogP) is 3.94. The van der Waals surface area contributed by atoms with Gasteiger partial charge in [0.25, 0.3) is 5.69 Å². The molecule has 0 spiro atoms. The van der Waals surface area contributed by atoms with Crippen LogP contribution in [-0.4, -0.2) is 18.0 Å². The van der Waals surface area contributed by atoms with E-state index >= 15 is 0 Å². The molecule has 0 saturated heterocycles. The fourth-order valence-electron chi connectivity index (χ4n) is 3.17. The second-order valence-electron chi connectivity index (χ2n) is 6.30. The standard InChI is InChI=1S/C17H26N2O2/c1-14-6-8-15(9-7-14)10-12-18-13-11-16-4-2-3-5-17(16)19(20)21/h2-5,14-15,18H,6-13H2,1H3. The molecule has 0 unspecified atom stereocenters. The van der Waals surface area contributed by atoms with Crippen molar-refractivity contribution in [1.29, 1.82) is 0 Å². The highest BCUT2D eigenvalue weighted by atomic mass is 16.6. The highest BCUT2D eigenvalue weighted by Gasteiger charge is 2.17. The summed E-state index contributed by atoms with van der Waals surface area (Å²) in [7, 11) is 0. The third kappa shape index (κ3) is 5.12. The lowest BCUT2D eigenvalue weighted by molar-refractivity contribution is -0.385. The fraction of sp³-hybridized carbons (Fsp3) is 0.647. The molecule has 1 saturated carbocycles. The largest absolute Gasteiger partial charge is 0.316 e. The van der Waals surface area contributed by atoms with Crippen LogP contribution in [0.1, 0.15) is 44.6 Å². The molecule has 0 aliphatic heterocycles. The van der Waals surface area contributed by atoms with Crippen molar-refractivity contribution in [2.75, 3.05) is 13.1 Å². The molecular formula is C17H26N2O2. The van der Waals surface area contributed by atoms with Gasteiger partial charge < -0.3 is 5.32 Å². The predicted molar refractivity (Wildman–Crippen MR) is 85.4 cm³/mol. The van der Waals surface area contributed by atoms with Crippen LogP contribution in [0, 0.1) is 22.0 Å². The van der Waals surface area contributed by atoms with E-state index < -0.39 is 0 Å². The molecule has 0 atom stereocenters. The third-order valence-electron chi connectivity index (χ3n) is 4.62. The Kier molecular flexibility index (Phi) is 6.18. The van der Waals surface area contributed by atoms with E-state index in [0.717, 1.165) is 36.9 Å². The molecule has 1 fully saturated rings. The summed E-state index contributed by atoms with van der Waals surface area (Å²) in [6, 6.07) is 7.02. The number of para-hydroxylation sites is 1. The summed E-state index contributed by atoms with van der Waals surface area (Å²) >= 11 is 0. The average molecular weight is 290 g/mol. The van der Waals surface area contributed by atoms with E-state index in [-0.39, 0.29) is 10.6 Å². The normalized spacial score (nSPS) is 22.1. The number of rotatable bonds is 7. The van der Waals surface area contributed by atoms with Crippen molar-refractivity contribution < 1.29 is 4.92 Å². The number of nitro groups is 1. The van der Waals surface area contributed by atoms with Gasteiger partial charge in [-0.05, 0) is 37.8 Å². The Labute approximate surface area is 127 Å². The Morgan fingerprint density at radius 1 is 1.19 bits per heavy atom. The minimum absolute atomic E-state index is 0.237. The summed E-state index contributed by atoms with van der Waals surface area (Å²) in [6.07, 6.45) is 7.45. The summed E-state index contributed by atoms with van der Waals surface area (Å²) in [4.78, 5) is 10.6. The van der Waals surface area contributed by atoms with Gasteiger partial charge in [-0.2, -0.15) is 0 Å². The molecule has 1 aliphatic carbocycles. The second-order valence-corrected chi connectivity index (χ2v) is 6.30. The third-order valence-corrected chi connectivity index (χ3v) is 4.62. The first-order valence-electron chi connectivity index (χ1n) is 8.10. The quantitative estimate of drug-likeness (QED) is 0.470. The molecule has 116 valence electrons. The molecular weight excluding hydrogens is 264 g/mol. The van der Waals surface area contributed by atoms with Gasteiger partial charge in [0.2, 0.25) is 0 Å². The van der Waals surface area contributed by atoms with Gasteiger partial charge in [-0.15, -0.1) is 0 Å². The Hall–Kier alpha value is -1.42. The lowest BCUT2D eigenvalue weighted by atomic mass is 9.81. The Morgan fingerprint density at radius 2 is 1.90 bits per heavy atom. The van der Waals surface area contributed by atoms with E-state index in [1.807, 2.05) is 12.1 Å². The number of hydrogen-bond donors (Lipinski definition) is 1. The van der Waals surface area contributed by atoms with Crippen LogP contribution in [0.4, 0.5) is 5.69 Å². The van der Waals surface area contributed by atoms with Crippen molar-refractivity contribution in [2.45, 2.75) is 45.4 Å². The van der Waals surface area contributed by atoms with Crippen molar-refractivity contribution in [1.82, 2.24) is 5.32 Å². The SMILES string of the molecule is CC1CCC(CCNCCc2ccccc2[N+](=O)[O-])CC1. The average Bonchev–Trinajstić information content (AvgIpc) is 2.49. The van der Waals surface area contributed by atoms with Crippen LogP contribution in [0.15, 0.2) is 24.3 Å². The Balaban J connectivity index is 1.65. The van der Waals surface area contributed by atoms with Crippen LogP contribution >= 0.6 is 0 Å². The minimum Gasteiger partial charge on any atom is -0.316 e. The van der Waals surface area contributed by atoms with Crippen molar-refractivity contribution >= 4 is 5.69 Å². The van der Waals surface area contributed by atoms with Gasteiger partial charge in [0, 0.05) is 11.6 Å². The molecule has 0 amide bonds. The molecule has 4 heteroatoms. The van der Waals surface area contributed by atoms with Gasteiger partial charge >= 0.3 is 0 Å². The van der Waals surface area contributed by atoms with Crippen LogP contribution < -0.4 is 5.32 Å². The maximum atomic E-state index is 10.9. The van der Waals surface area contributed by atoms with Crippen molar-refractivity contribution in [3.05, 3.63) is 39.9 Å². The van der Waals surface area contributed by atoms with Gasteiger partial charge in [0.15, 0.2) is 0 Å². The zero-order valence-corrected chi connectivity index (χ0v) is 12.9. The highest BCUT2D eigenvalue weighted by molar-refractivity contribution is 5.39. The van der Waals surface area contributed by atoms with Crippen molar-refractivity contribution in [2.24, 2.45) is 11.8 Å². The molecule has 1 aromatic rings. The molecule has 0 aromatic heterocycles. The molecule has 1 N–H and O–H groups in total. The first kappa shape index (κ1) is 16.0. The van der Waals surface area contributed by atoms with Crippen LogP contribution in [0.25, 0.3) is 0 Å². The second kappa shape index (κ2) is 8.13. The van der Waals surface area contributed by atoms with E-state index in [4.69, 9.17) is 0 Å². The zero-order chi connectivity index (χ0) is 15.1. The lowest BCUT2D eigenvalue weighted by Crippen LogP contribution is -2.22. The monoisotopic (exact) mass is 290 g/mol. The van der Waals surface area contributed by atoms with Crippen LogP contribution in [-0.2, 0) is 6.42 Å². The topological polar surface area (TPSA) is 55.2 Å². The van der Waals surface area contributed by atoms with Crippen molar-refractivity contribution in [3.63, 3.8) is 0 Å². The fourth-order valence-corrected chi connectivity index (χ4v) is 3.17. The van der Waals surface area contributed by atoms with Gasteiger partial charge in [0.1, 0.15) is 0 Å². The summed E-state index contributed by atoms with van der Waals surface area (Å²) in [6.45, 7) is 4.19. The molecule has 21 heavy (non-hydrogen) atoms. The molecule has 0 bridgehead atoms. The maximum absolute atomic E-state index is 10.9. The number of hydrogen-bond acceptors (Lipinski definition) is 3. The summed E-state index contributed by atoms with van der Waals surface area (Å²) in [5, 5.41) is 14.4. The van der Waals surface area contributed by atoms with E-state index in [0.29, 0.717) is 0 Å². The van der Waals surface area contributed by atoms with Crippen LogP contribution in [0.5, 0.6) is 0 Å². The van der Waals surface area contributed by atoms with E-state index in [1.165, 1.54) is 32.1 Å². The summed E-state index contributed by atoms with van der Waals surface area (Å²) < 4.78 is 0. The molecule has 4 nitrogen and oxygen atoms in total. The van der Waals surface area contributed by atoms with Crippen LogP contribution in [0.2, 0.25) is 0 Å². The van der Waals surface area contributed by atoms with Crippen molar-refractivity contribution in [3.8, 4) is 0 Å². The lowest BCUT2D eigenvalue weighted by Gasteiger charge is -2.26. The van der Waals surface area contributed by atoms with E-state index in [2.05, 4.69) is 12.2 Å². The van der Waals surface area contributed by atoms with E-state index in [1.54, 1.807) is 12.1 Å². The molecule has 0 heterocycles. The van der Waals surface area contributed by atoms with E-state index in [9.17, 15) is 10.1 Å². The Morgan fingerprint density at radius 3 is 2.62 bits per heavy atom. The van der Waals surface area contributed by atoms with Crippen LogP contribution in [0.3, 0.4) is 0 Å². The highest BCUT2D eigenvalue weighted by Crippen LogP contribution is 2.29. The summed E-state index contributed by atoms with van der Waals surface area (Å²) in [5.41, 5.74) is 1.06. The summed E-state index contributed by atoms with van der Waals surface area (Å²) in [5.74, 6) is 1.78. The van der Waals surface area contributed by atoms with Gasteiger partial charge in [-0.3, -0.25) is 10.1 Å².